The summed E-state index contributed by atoms with van der Waals surface area (Å²) in [7, 11) is 1.36. The van der Waals surface area contributed by atoms with Gasteiger partial charge in [0.05, 0.1) is 23.6 Å². The Balaban J connectivity index is 1.76. The summed E-state index contributed by atoms with van der Waals surface area (Å²) < 4.78 is 36.9. The minimum Gasteiger partial charge on any atom is -0.493 e. The molecule has 3 aromatic rings. The number of aromatic nitrogens is 4. The summed E-state index contributed by atoms with van der Waals surface area (Å²) in [5.74, 6) is -3.08. The molecule has 2 aromatic carbocycles. The van der Waals surface area contributed by atoms with Crippen molar-refractivity contribution in [3.05, 3.63) is 63.5 Å². The average molecular weight is 408 g/mol. The van der Waals surface area contributed by atoms with E-state index >= 15 is 0 Å². The van der Waals surface area contributed by atoms with E-state index in [1.165, 1.54) is 25.5 Å². The quantitative estimate of drug-likeness (QED) is 0.220. The van der Waals surface area contributed by atoms with Gasteiger partial charge in [-0.2, -0.15) is 0 Å². The first-order valence-electron chi connectivity index (χ1n) is 7.50. The number of nitrogens with one attached hydrogen (secondary N) is 1. The van der Waals surface area contributed by atoms with Crippen LogP contribution in [0.25, 0.3) is 5.43 Å². The number of carbonyl (C=O) groups excluding carboxylic acids is 1. The van der Waals surface area contributed by atoms with Crippen molar-refractivity contribution in [1.29, 1.82) is 0 Å². The highest BCUT2D eigenvalue weighted by Gasteiger charge is 2.18. The molecule has 0 unspecified atom stereocenters. The van der Waals surface area contributed by atoms with Gasteiger partial charge in [0.25, 0.3) is 0 Å². The summed E-state index contributed by atoms with van der Waals surface area (Å²) in [6, 6.07) is 5.86. The van der Waals surface area contributed by atoms with Crippen LogP contribution < -0.4 is 9.47 Å². The Morgan fingerprint density at radius 3 is 2.75 bits per heavy atom. The van der Waals surface area contributed by atoms with Crippen LogP contribution in [-0.2, 0) is 0 Å². The Morgan fingerprint density at radius 2 is 2.04 bits per heavy atom. The standard InChI is InChI=1S/C16H10ClF2N6O3/c1-27-14-4-8(7-20-21-16-22-24-25-23-16)2-3-13(14)28-15(26)9-5-11(18)12(19)6-10(9)17/h2-7H,1H3,(H-,21,22,23,24,25)/q-1/b20-7-. The van der Waals surface area contributed by atoms with Crippen molar-refractivity contribution in [3.63, 3.8) is 0 Å². The number of aromatic amines is 1. The summed E-state index contributed by atoms with van der Waals surface area (Å²) in [6.45, 7) is 0. The van der Waals surface area contributed by atoms with E-state index in [9.17, 15) is 13.6 Å². The molecule has 28 heavy (non-hydrogen) atoms. The number of benzene rings is 2. The molecule has 1 heterocycles. The maximum Gasteiger partial charge on any atom is 0.345 e. The van der Waals surface area contributed by atoms with E-state index in [1.54, 1.807) is 6.07 Å². The molecule has 0 saturated carbocycles. The van der Waals surface area contributed by atoms with Crippen LogP contribution in [0.3, 0.4) is 0 Å². The first kappa shape index (κ1) is 19.2. The molecule has 144 valence electrons. The minimum absolute atomic E-state index is 0.0422. The monoisotopic (exact) mass is 407 g/mol. The van der Waals surface area contributed by atoms with Crippen molar-refractivity contribution in [2.45, 2.75) is 0 Å². The normalized spacial score (nSPS) is 10.9. The van der Waals surface area contributed by atoms with E-state index in [0.717, 1.165) is 0 Å². The molecule has 9 nitrogen and oxygen atoms in total. The maximum atomic E-state index is 13.4. The van der Waals surface area contributed by atoms with Crippen molar-refractivity contribution >= 4 is 29.7 Å². The second-order valence-electron chi connectivity index (χ2n) is 5.10. The molecule has 1 aromatic heterocycles. The van der Waals surface area contributed by atoms with Gasteiger partial charge in [-0.1, -0.05) is 11.6 Å². The molecule has 0 fully saturated rings. The summed E-state index contributed by atoms with van der Waals surface area (Å²) in [5.41, 5.74) is 3.94. The highest BCUT2D eigenvalue weighted by molar-refractivity contribution is 6.33. The zero-order valence-corrected chi connectivity index (χ0v) is 14.8. The Bertz CT molecular complexity index is 1030. The first-order valence-corrected chi connectivity index (χ1v) is 7.88. The van der Waals surface area contributed by atoms with Crippen LogP contribution in [-0.4, -0.2) is 39.9 Å². The smallest absolute Gasteiger partial charge is 0.345 e. The van der Waals surface area contributed by atoms with Gasteiger partial charge >= 0.3 is 5.97 Å². The van der Waals surface area contributed by atoms with Gasteiger partial charge in [-0.25, -0.2) is 18.7 Å². The molecular formula is C16H10ClF2N6O3-. The number of esters is 1. The van der Waals surface area contributed by atoms with Crippen molar-refractivity contribution in [3.8, 4) is 11.5 Å². The number of methoxy groups -OCH3 is 1. The molecule has 0 aliphatic heterocycles. The second-order valence-corrected chi connectivity index (χ2v) is 5.51. The van der Waals surface area contributed by atoms with Crippen LogP contribution in [0.1, 0.15) is 15.9 Å². The Kier molecular flexibility index (Phi) is 5.75. The van der Waals surface area contributed by atoms with Gasteiger partial charge in [0.1, 0.15) is 0 Å². The number of nitrogens with zero attached hydrogens (tertiary/aromatic N) is 5. The number of rotatable bonds is 6. The lowest BCUT2D eigenvalue weighted by molar-refractivity contribution is 0.0729. The number of ether oxygens (including phenoxy) is 2. The Hall–Kier alpha value is -3.60. The molecule has 0 aliphatic carbocycles. The lowest BCUT2D eigenvalue weighted by Crippen LogP contribution is -2.11. The zero-order valence-electron chi connectivity index (χ0n) is 14.1. The fourth-order valence-corrected chi connectivity index (χ4v) is 2.26. The van der Waals surface area contributed by atoms with E-state index in [-0.39, 0.29) is 28.0 Å². The molecule has 0 spiro atoms. The Labute approximate surface area is 161 Å². The van der Waals surface area contributed by atoms with Crippen LogP contribution in [0.2, 0.25) is 5.02 Å². The van der Waals surface area contributed by atoms with E-state index in [2.05, 4.69) is 31.2 Å². The van der Waals surface area contributed by atoms with Gasteiger partial charge in [-0.05, 0) is 35.9 Å². The number of halogens is 3. The predicted octanol–water partition coefficient (Wildman–Crippen LogP) is 3.40. The molecule has 3 rings (SSSR count). The number of carbonyl (C=O) groups is 1. The van der Waals surface area contributed by atoms with E-state index in [1.807, 2.05) is 0 Å². The Morgan fingerprint density at radius 1 is 1.25 bits per heavy atom. The van der Waals surface area contributed by atoms with Crippen molar-refractivity contribution in [2.75, 3.05) is 7.11 Å². The van der Waals surface area contributed by atoms with Crippen LogP contribution in [0.4, 0.5) is 14.7 Å². The third-order valence-corrected chi connectivity index (χ3v) is 3.62. The van der Waals surface area contributed by atoms with E-state index in [0.29, 0.717) is 17.7 Å². The lowest BCUT2D eigenvalue weighted by Gasteiger charge is -2.11. The average Bonchev–Trinajstić information content (AvgIpc) is 3.19. The summed E-state index contributed by atoms with van der Waals surface area (Å²) in [4.78, 5) is 12.2. The van der Waals surface area contributed by atoms with Crippen LogP contribution >= 0.6 is 11.6 Å². The minimum atomic E-state index is -1.22. The number of tetrazole rings is 1. The molecule has 0 aliphatic rings. The summed E-state index contributed by atoms with van der Waals surface area (Å²) >= 11 is 5.78. The molecular weight excluding hydrogens is 398 g/mol. The summed E-state index contributed by atoms with van der Waals surface area (Å²) in [5, 5.41) is 16.3. The van der Waals surface area contributed by atoms with Gasteiger partial charge < -0.3 is 9.47 Å². The fraction of sp³-hybridized carbons (Fsp3) is 0.0625. The van der Waals surface area contributed by atoms with Crippen LogP contribution in [0.5, 0.6) is 11.5 Å². The lowest BCUT2D eigenvalue weighted by atomic mass is 10.2. The number of hydrogen-bond acceptors (Lipinski definition) is 7. The summed E-state index contributed by atoms with van der Waals surface area (Å²) in [6.07, 6.45) is 1.39. The molecule has 0 bridgehead atoms. The van der Waals surface area contributed by atoms with E-state index < -0.39 is 17.6 Å². The molecule has 12 heteroatoms. The SMILES string of the molecule is COc1cc(/C=N\[N-]c2nn[nH]n2)ccc1OC(=O)c1cc(F)c(F)cc1Cl. The topological polar surface area (TPSA) is 116 Å². The number of hydrogen-bond donors (Lipinski definition) is 1. The highest BCUT2D eigenvalue weighted by Crippen LogP contribution is 2.30. The molecule has 0 saturated heterocycles. The predicted molar refractivity (Wildman–Crippen MR) is 94.1 cm³/mol. The molecule has 0 amide bonds. The molecule has 1 N–H and O–H groups in total. The van der Waals surface area contributed by atoms with E-state index in [4.69, 9.17) is 21.1 Å². The van der Waals surface area contributed by atoms with Crippen molar-refractivity contribution in [1.82, 2.24) is 20.6 Å². The van der Waals surface area contributed by atoms with Gasteiger partial charge in [-0.15, -0.1) is 5.21 Å². The molecule has 0 radical (unpaired) electrons. The zero-order chi connectivity index (χ0) is 20.1. The van der Waals surface area contributed by atoms with Crippen molar-refractivity contribution < 1.29 is 23.0 Å². The number of H-pyrrole nitrogens is 1. The third-order valence-electron chi connectivity index (χ3n) is 3.31. The third kappa shape index (κ3) is 4.38. The van der Waals surface area contributed by atoms with Crippen molar-refractivity contribution in [2.24, 2.45) is 5.10 Å². The first-order chi connectivity index (χ1) is 13.5. The van der Waals surface area contributed by atoms with Gasteiger partial charge in [-0.3, -0.25) is 20.8 Å². The van der Waals surface area contributed by atoms with Gasteiger partial charge in [0.2, 0.25) is 0 Å². The fourth-order valence-electron chi connectivity index (χ4n) is 2.03. The van der Waals surface area contributed by atoms with Gasteiger partial charge in [0, 0.05) is 6.21 Å². The maximum absolute atomic E-state index is 13.4. The molecule has 0 atom stereocenters. The second kappa shape index (κ2) is 8.39. The van der Waals surface area contributed by atoms with Crippen LogP contribution in [0, 0.1) is 11.6 Å². The van der Waals surface area contributed by atoms with Gasteiger partial charge in [0.15, 0.2) is 23.1 Å². The highest BCUT2D eigenvalue weighted by atomic mass is 35.5. The largest absolute Gasteiger partial charge is 0.493 e. The van der Waals surface area contributed by atoms with Crippen LogP contribution in [0.15, 0.2) is 35.4 Å².